The molecule has 0 radical (unpaired) electrons. The zero-order chi connectivity index (χ0) is 40.5. The van der Waals surface area contributed by atoms with Gasteiger partial charge in [-0.15, -0.1) is 0 Å². The molecule has 0 heterocycles. The SMILES string of the molecule is C.C.C.CS(=O)(=O)c1cc(C=O)cc(O)c1O.Cc1cc(C=O)c(Br)c(O)c1O.Cc1cc(C=O)c(Cl)c(O)c1O.O=Cc1cc(O)c(O)c(S(=O)(=O)O)c1. The zero-order valence-corrected chi connectivity index (χ0v) is 30.6. The zero-order valence-electron chi connectivity index (χ0n) is 26.6. The molecule has 0 spiro atoms. The molecule has 9 N–H and O–H groups in total. The predicted molar refractivity (Wildman–Crippen MR) is 206 cm³/mol. The van der Waals surface area contributed by atoms with Crippen LogP contribution in [0.2, 0.25) is 5.02 Å². The maximum Gasteiger partial charge on any atom is 0.298 e. The first-order chi connectivity index (χ1) is 23.9. The van der Waals surface area contributed by atoms with Crippen LogP contribution in [0.3, 0.4) is 0 Å². The number of aryl methyl sites for hydroxylation is 2. The molecule has 0 aliphatic rings. The lowest BCUT2D eigenvalue weighted by molar-refractivity contribution is 0.111. The number of aldehydes is 4. The average Bonchev–Trinajstić information content (AvgIpc) is 3.08. The first-order valence-corrected chi connectivity index (χ1v) is 17.9. The van der Waals surface area contributed by atoms with Crippen molar-refractivity contribution in [2.75, 3.05) is 6.26 Å². The number of benzene rings is 4. The number of hydrogen-bond acceptors (Lipinski definition) is 16. The van der Waals surface area contributed by atoms with E-state index in [-0.39, 0.29) is 72.0 Å². The number of carbonyl (C=O) groups excluding carboxylic acids is 4. The van der Waals surface area contributed by atoms with Crippen molar-refractivity contribution in [3.63, 3.8) is 0 Å². The van der Waals surface area contributed by atoms with Gasteiger partial charge in [0.15, 0.2) is 68.4 Å². The third-order valence-corrected chi connectivity index (χ3v) is 9.43. The van der Waals surface area contributed by atoms with Gasteiger partial charge in [-0.2, -0.15) is 8.42 Å². The number of aromatic hydroxyl groups is 8. The molecule has 0 unspecified atom stereocenters. The van der Waals surface area contributed by atoms with Crippen molar-refractivity contribution < 1.29 is 81.4 Å². The Morgan fingerprint density at radius 3 is 1.27 bits per heavy atom. The van der Waals surface area contributed by atoms with E-state index in [9.17, 15) is 51.3 Å². The third kappa shape index (κ3) is 14.1. The summed E-state index contributed by atoms with van der Waals surface area (Å²) >= 11 is 8.51. The van der Waals surface area contributed by atoms with Crippen LogP contribution in [0.4, 0.5) is 0 Å². The molecule has 21 heteroatoms. The Labute approximate surface area is 330 Å². The summed E-state index contributed by atoms with van der Waals surface area (Å²) in [4.78, 5) is 40.1. The fraction of sp³-hybridized carbons (Fsp3) is 0.176. The maximum absolute atomic E-state index is 11.1. The largest absolute Gasteiger partial charge is 0.504 e. The molecule has 0 aliphatic heterocycles. The fourth-order valence-electron chi connectivity index (χ4n) is 3.60. The van der Waals surface area contributed by atoms with Crippen LogP contribution in [0.1, 0.15) is 74.8 Å². The quantitative estimate of drug-likeness (QED) is 0.0588. The Hall–Kier alpha value is -5.41. The van der Waals surface area contributed by atoms with E-state index >= 15 is 0 Å². The molecule has 4 aromatic rings. The average molecular weight is 900 g/mol. The van der Waals surface area contributed by atoms with Crippen LogP contribution in [-0.4, -0.2) is 93.6 Å². The highest BCUT2D eigenvalue weighted by Crippen LogP contribution is 2.39. The Morgan fingerprint density at radius 2 is 0.909 bits per heavy atom. The molecule has 0 saturated heterocycles. The highest BCUT2D eigenvalue weighted by Gasteiger charge is 2.20. The summed E-state index contributed by atoms with van der Waals surface area (Å²) in [5.41, 5.74) is 1.19. The van der Waals surface area contributed by atoms with Crippen LogP contribution in [0.15, 0.2) is 50.7 Å². The second-order valence-electron chi connectivity index (χ2n) is 10.1. The van der Waals surface area contributed by atoms with Crippen LogP contribution in [0, 0.1) is 13.8 Å². The molecule has 55 heavy (non-hydrogen) atoms. The minimum Gasteiger partial charge on any atom is -0.504 e. The number of hydrogen-bond donors (Lipinski definition) is 9. The lowest BCUT2D eigenvalue weighted by Gasteiger charge is -2.05. The van der Waals surface area contributed by atoms with Gasteiger partial charge >= 0.3 is 0 Å². The lowest BCUT2D eigenvalue weighted by Crippen LogP contribution is -1.99. The van der Waals surface area contributed by atoms with Gasteiger partial charge in [-0.25, -0.2) is 8.42 Å². The summed E-state index contributed by atoms with van der Waals surface area (Å²) in [7, 11) is -8.31. The van der Waals surface area contributed by atoms with E-state index in [0.717, 1.165) is 30.5 Å². The smallest absolute Gasteiger partial charge is 0.298 e. The minimum absolute atomic E-state index is 0. The van der Waals surface area contributed by atoms with E-state index in [2.05, 4.69) is 15.9 Å². The van der Waals surface area contributed by atoms with E-state index in [4.69, 9.17) is 41.7 Å². The molecular weight excluding hydrogens is 860 g/mol. The van der Waals surface area contributed by atoms with Crippen LogP contribution < -0.4 is 0 Å². The first kappa shape index (κ1) is 53.9. The minimum atomic E-state index is -4.66. The molecule has 4 rings (SSSR count). The van der Waals surface area contributed by atoms with Crippen LogP contribution in [0.5, 0.6) is 46.0 Å². The number of phenols is 8. The number of carbonyl (C=O) groups is 4. The van der Waals surface area contributed by atoms with Crippen molar-refractivity contribution in [2.24, 2.45) is 0 Å². The van der Waals surface area contributed by atoms with Gasteiger partial charge in [-0.3, -0.25) is 23.7 Å². The predicted octanol–water partition coefficient (Wildman–Crippen LogP) is 6.23. The lowest BCUT2D eigenvalue weighted by atomic mass is 10.1. The molecular formula is C34H40BrClO17S2. The summed E-state index contributed by atoms with van der Waals surface area (Å²) in [6, 6.07) is 6.50. The van der Waals surface area contributed by atoms with Crippen molar-refractivity contribution in [2.45, 2.75) is 45.9 Å². The van der Waals surface area contributed by atoms with Gasteiger partial charge in [0, 0.05) is 28.5 Å². The van der Waals surface area contributed by atoms with Gasteiger partial charge in [0.1, 0.15) is 22.4 Å². The summed E-state index contributed by atoms with van der Waals surface area (Å²) < 4.78 is 52.3. The van der Waals surface area contributed by atoms with Crippen molar-refractivity contribution in [1.29, 1.82) is 0 Å². The first-order valence-electron chi connectivity index (χ1n) is 13.4. The molecule has 304 valence electrons. The molecule has 0 aromatic heterocycles. The highest BCUT2D eigenvalue weighted by atomic mass is 79.9. The molecule has 0 atom stereocenters. The van der Waals surface area contributed by atoms with E-state index in [1.807, 2.05) is 0 Å². The van der Waals surface area contributed by atoms with Crippen molar-refractivity contribution in [3.05, 3.63) is 79.3 Å². The fourth-order valence-corrected chi connectivity index (χ4v) is 5.62. The number of sulfone groups is 1. The van der Waals surface area contributed by atoms with Crippen LogP contribution >= 0.6 is 27.5 Å². The van der Waals surface area contributed by atoms with Crippen molar-refractivity contribution in [1.82, 2.24) is 0 Å². The Balaban J connectivity index is -0.000000645. The Morgan fingerprint density at radius 1 is 0.545 bits per heavy atom. The second kappa shape index (κ2) is 22.1. The highest BCUT2D eigenvalue weighted by molar-refractivity contribution is 9.10. The molecule has 4 aromatic carbocycles. The number of rotatable bonds is 6. The molecule has 0 fully saturated rings. The number of phenolic OH excluding ortho intramolecular Hbond substituents is 8. The molecule has 0 saturated carbocycles. The van der Waals surface area contributed by atoms with E-state index in [0.29, 0.717) is 35.5 Å². The third-order valence-electron chi connectivity index (χ3n) is 6.22. The summed E-state index contributed by atoms with van der Waals surface area (Å²) in [5.74, 6) is -4.37. The van der Waals surface area contributed by atoms with Crippen LogP contribution in [-0.2, 0) is 20.0 Å². The second-order valence-corrected chi connectivity index (χ2v) is 14.6. The van der Waals surface area contributed by atoms with Crippen molar-refractivity contribution in [3.8, 4) is 46.0 Å². The summed E-state index contributed by atoms with van der Waals surface area (Å²) in [6.45, 7) is 3.17. The Bertz CT molecular complexity index is 2100. The molecule has 0 aliphatic carbocycles. The van der Waals surface area contributed by atoms with Gasteiger partial charge in [-0.1, -0.05) is 33.9 Å². The van der Waals surface area contributed by atoms with Gasteiger partial charge in [0.2, 0.25) is 0 Å². The summed E-state index contributed by atoms with van der Waals surface area (Å²) in [5, 5.41) is 73.0. The van der Waals surface area contributed by atoms with E-state index in [1.165, 1.54) is 12.1 Å². The van der Waals surface area contributed by atoms with E-state index < -0.39 is 58.5 Å². The standard InChI is InChI=1S/C8H7BrO3.C8H7ClO3.C8H8O5S.C7H6O6S.3CH4/c2*1-4-2-5(3-10)6(9)8(12)7(4)11;1-14(12,13)7-3-5(4-9)2-6(10)8(7)11;8-3-4-1-5(9)7(10)6(2-4)14(11,12)13;;;/h2*2-3,11-12H,1H3;2-4,10-11H,1H3;1-3,9-10H,(H,11,12,13);3*1H4. The van der Waals surface area contributed by atoms with Crippen molar-refractivity contribution >= 4 is 72.6 Å². The molecule has 0 amide bonds. The maximum atomic E-state index is 11.1. The van der Waals surface area contributed by atoms with Gasteiger partial charge in [0.05, 0.1) is 9.50 Å². The Kier molecular flexibility index (Phi) is 21.7. The molecule has 17 nitrogen and oxygen atoms in total. The van der Waals surface area contributed by atoms with Crippen LogP contribution in [0.25, 0.3) is 0 Å². The monoisotopic (exact) mass is 898 g/mol. The van der Waals surface area contributed by atoms with E-state index in [1.54, 1.807) is 13.8 Å². The molecule has 0 bridgehead atoms. The van der Waals surface area contributed by atoms with Gasteiger partial charge in [-0.05, 0) is 77.3 Å². The summed E-state index contributed by atoms with van der Waals surface area (Å²) in [6.07, 6.45) is 2.66. The van der Waals surface area contributed by atoms with Gasteiger partial charge < -0.3 is 40.9 Å². The normalized spacial score (nSPS) is 10.0. The van der Waals surface area contributed by atoms with Gasteiger partial charge in [0.25, 0.3) is 10.1 Å². The number of halogens is 2. The topological polar surface area (TPSA) is 319 Å².